The molecule has 31 heavy (non-hydrogen) atoms. The van der Waals surface area contributed by atoms with E-state index in [0.717, 1.165) is 28.3 Å². The maximum Gasteiger partial charge on any atom is 0.185 e. The monoisotopic (exact) mass is 405 g/mol. The first-order chi connectivity index (χ1) is 15.2. The van der Waals surface area contributed by atoms with E-state index >= 15 is 0 Å². The fourth-order valence-corrected chi connectivity index (χ4v) is 3.17. The average Bonchev–Trinajstić information content (AvgIpc) is 3.27. The van der Waals surface area contributed by atoms with E-state index < -0.39 is 0 Å². The van der Waals surface area contributed by atoms with Crippen molar-refractivity contribution in [1.82, 2.24) is 9.78 Å². The van der Waals surface area contributed by atoms with E-state index in [1.165, 1.54) is 6.08 Å². The van der Waals surface area contributed by atoms with Crippen LogP contribution in [-0.4, -0.2) is 22.7 Å². The predicted molar refractivity (Wildman–Crippen MR) is 120 cm³/mol. The highest BCUT2D eigenvalue weighted by Crippen LogP contribution is 2.27. The highest BCUT2D eigenvalue weighted by atomic mass is 16.5. The summed E-state index contributed by atoms with van der Waals surface area (Å²) in [4.78, 5) is 12.6. The fourth-order valence-electron chi connectivity index (χ4n) is 3.17. The number of ether oxygens (including phenoxy) is 1. The van der Waals surface area contributed by atoms with Gasteiger partial charge in [0.25, 0.3) is 0 Å². The highest BCUT2D eigenvalue weighted by molar-refractivity contribution is 6.07. The van der Waals surface area contributed by atoms with Gasteiger partial charge in [0.15, 0.2) is 5.78 Å². The van der Waals surface area contributed by atoms with Gasteiger partial charge < -0.3 is 4.74 Å². The van der Waals surface area contributed by atoms with Crippen LogP contribution >= 0.6 is 0 Å². The van der Waals surface area contributed by atoms with Crippen LogP contribution in [0.2, 0.25) is 0 Å². The number of allylic oxidation sites excluding steroid dienone is 1. The summed E-state index contributed by atoms with van der Waals surface area (Å²) in [5.41, 5.74) is 4.46. The summed E-state index contributed by atoms with van der Waals surface area (Å²) in [6.07, 6.45) is 5.20. The van der Waals surface area contributed by atoms with Crippen molar-refractivity contribution >= 4 is 11.9 Å². The molecular formula is C26H19N3O2. The number of methoxy groups -OCH3 is 1. The van der Waals surface area contributed by atoms with Gasteiger partial charge in [-0.05, 0) is 72.8 Å². The number of hydrogen-bond acceptors (Lipinski definition) is 4. The zero-order valence-electron chi connectivity index (χ0n) is 16.9. The fraction of sp³-hybridized carbons (Fsp3) is 0.0385. The van der Waals surface area contributed by atoms with Crippen molar-refractivity contribution < 1.29 is 9.53 Å². The molecule has 0 radical (unpaired) electrons. The Morgan fingerprint density at radius 1 is 1.00 bits per heavy atom. The normalized spacial score (nSPS) is 10.7. The molecule has 3 aromatic carbocycles. The summed E-state index contributed by atoms with van der Waals surface area (Å²) in [7, 11) is 1.63. The second kappa shape index (κ2) is 8.93. The van der Waals surface area contributed by atoms with Crippen molar-refractivity contribution in [2.45, 2.75) is 0 Å². The van der Waals surface area contributed by atoms with Gasteiger partial charge in [0.05, 0.1) is 30.1 Å². The molecule has 1 heterocycles. The minimum atomic E-state index is -0.141. The Kier molecular flexibility index (Phi) is 5.72. The van der Waals surface area contributed by atoms with Gasteiger partial charge in [-0.3, -0.25) is 4.79 Å². The quantitative estimate of drug-likeness (QED) is 0.322. The molecule has 0 amide bonds. The number of carbonyl (C=O) groups excluding carboxylic acids is 1. The third-order valence-corrected chi connectivity index (χ3v) is 4.84. The zero-order valence-corrected chi connectivity index (χ0v) is 16.9. The van der Waals surface area contributed by atoms with Crippen LogP contribution in [0.25, 0.3) is 23.0 Å². The molecule has 150 valence electrons. The molecule has 0 aliphatic rings. The second-order valence-corrected chi connectivity index (χ2v) is 6.83. The smallest absolute Gasteiger partial charge is 0.185 e. The Morgan fingerprint density at radius 3 is 2.35 bits per heavy atom. The Morgan fingerprint density at radius 2 is 1.71 bits per heavy atom. The summed E-state index contributed by atoms with van der Waals surface area (Å²) in [5, 5.41) is 13.7. The number of carbonyl (C=O) groups is 1. The first kappa shape index (κ1) is 19.9. The molecule has 4 aromatic rings. The summed E-state index contributed by atoms with van der Waals surface area (Å²) in [6.45, 7) is 0. The number of para-hydroxylation sites is 1. The molecule has 0 aliphatic carbocycles. The van der Waals surface area contributed by atoms with Gasteiger partial charge in [0.1, 0.15) is 5.75 Å². The molecule has 0 atom stereocenters. The van der Waals surface area contributed by atoms with Crippen molar-refractivity contribution in [1.29, 1.82) is 5.26 Å². The van der Waals surface area contributed by atoms with Crippen molar-refractivity contribution in [3.05, 3.63) is 108 Å². The minimum absolute atomic E-state index is 0.141. The van der Waals surface area contributed by atoms with Crippen LogP contribution in [-0.2, 0) is 0 Å². The summed E-state index contributed by atoms with van der Waals surface area (Å²) < 4.78 is 7.05. The number of hydrogen-bond donors (Lipinski definition) is 0. The predicted octanol–water partition coefficient (Wildman–Crippen LogP) is 5.32. The van der Waals surface area contributed by atoms with Gasteiger partial charge in [0.2, 0.25) is 0 Å². The Balaban J connectivity index is 1.70. The number of ketones is 1. The molecule has 0 bridgehead atoms. The second-order valence-electron chi connectivity index (χ2n) is 6.83. The Labute approximate surface area is 180 Å². The lowest BCUT2D eigenvalue weighted by Crippen LogP contribution is -1.94. The first-order valence-electron chi connectivity index (χ1n) is 9.70. The van der Waals surface area contributed by atoms with Crippen LogP contribution in [0.3, 0.4) is 0 Å². The van der Waals surface area contributed by atoms with Crippen LogP contribution in [0, 0.1) is 11.3 Å². The highest BCUT2D eigenvalue weighted by Gasteiger charge is 2.12. The van der Waals surface area contributed by atoms with E-state index in [1.54, 1.807) is 42.1 Å². The van der Waals surface area contributed by atoms with Gasteiger partial charge in [-0.1, -0.05) is 18.2 Å². The van der Waals surface area contributed by atoms with Gasteiger partial charge in [-0.2, -0.15) is 10.4 Å². The summed E-state index contributed by atoms with van der Waals surface area (Å²) in [5.74, 6) is 0.622. The van der Waals surface area contributed by atoms with E-state index in [4.69, 9.17) is 15.1 Å². The zero-order chi connectivity index (χ0) is 21.6. The number of rotatable bonds is 6. The van der Waals surface area contributed by atoms with E-state index in [1.807, 2.05) is 60.8 Å². The van der Waals surface area contributed by atoms with Crippen LogP contribution < -0.4 is 4.74 Å². The van der Waals surface area contributed by atoms with Crippen molar-refractivity contribution in [2.75, 3.05) is 7.11 Å². The molecule has 0 spiro atoms. The van der Waals surface area contributed by atoms with Gasteiger partial charge in [-0.25, -0.2) is 4.68 Å². The van der Waals surface area contributed by atoms with Crippen molar-refractivity contribution in [2.24, 2.45) is 0 Å². The largest absolute Gasteiger partial charge is 0.497 e. The molecule has 0 fully saturated rings. The number of aromatic nitrogens is 2. The third-order valence-electron chi connectivity index (χ3n) is 4.84. The molecule has 4 rings (SSSR count). The third kappa shape index (κ3) is 4.44. The number of nitrogens with zero attached hydrogens (tertiary/aromatic N) is 3. The molecule has 0 N–H and O–H groups in total. The van der Waals surface area contributed by atoms with Crippen LogP contribution in [0.4, 0.5) is 0 Å². The lowest BCUT2D eigenvalue weighted by Gasteiger charge is -2.02. The topological polar surface area (TPSA) is 67.9 Å². The number of nitriles is 1. The SMILES string of the molecule is COc1ccc(-c2nn(-c3ccccc3)cc2/C=C/C(=O)c2ccc(C#N)cc2)cc1. The lowest BCUT2D eigenvalue weighted by atomic mass is 10.1. The van der Waals surface area contributed by atoms with E-state index in [9.17, 15) is 4.79 Å². The van der Waals surface area contributed by atoms with Crippen LogP contribution in [0.5, 0.6) is 5.75 Å². The Hall–Kier alpha value is -4.43. The molecule has 0 aliphatic heterocycles. The molecule has 5 nitrogen and oxygen atoms in total. The van der Waals surface area contributed by atoms with Gasteiger partial charge in [-0.15, -0.1) is 0 Å². The van der Waals surface area contributed by atoms with Crippen molar-refractivity contribution in [3.63, 3.8) is 0 Å². The van der Waals surface area contributed by atoms with Crippen LogP contribution in [0.15, 0.2) is 91.1 Å². The molecule has 1 aromatic heterocycles. The average molecular weight is 405 g/mol. The van der Waals surface area contributed by atoms with Gasteiger partial charge >= 0.3 is 0 Å². The van der Waals surface area contributed by atoms with E-state index in [0.29, 0.717) is 11.1 Å². The maximum atomic E-state index is 12.6. The summed E-state index contributed by atoms with van der Waals surface area (Å²) >= 11 is 0. The number of benzene rings is 3. The standard InChI is InChI=1S/C26H19N3O2/c1-31-24-14-11-21(12-15-24)26-22(18-29(28-26)23-5-3-2-4-6-23)13-16-25(30)20-9-7-19(17-27)8-10-20/h2-16,18H,1H3/b16-13+. The Bertz CT molecular complexity index is 1260. The molecular weight excluding hydrogens is 386 g/mol. The van der Waals surface area contributed by atoms with Gasteiger partial charge in [0, 0.05) is 22.9 Å². The maximum absolute atomic E-state index is 12.6. The van der Waals surface area contributed by atoms with E-state index in [2.05, 4.69) is 6.07 Å². The van der Waals surface area contributed by atoms with Crippen molar-refractivity contribution in [3.8, 4) is 28.8 Å². The first-order valence-corrected chi connectivity index (χ1v) is 9.70. The summed E-state index contributed by atoms with van der Waals surface area (Å²) in [6, 6.07) is 26.1. The molecule has 0 unspecified atom stereocenters. The molecule has 0 saturated carbocycles. The van der Waals surface area contributed by atoms with E-state index in [-0.39, 0.29) is 5.78 Å². The van der Waals surface area contributed by atoms with Crippen LogP contribution in [0.1, 0.15) is 21.5 Å². The molecule has 0 saturated heterocycles. The molecule has 5 heteroatoms. The minimum Gasteiger partial charge on any atom is -0.497 e. The lowest BCUT2D eigenvalue weighted by molar-refractivity contribution is 0.104.